The van der Waals surface area contributed by atoms with Gasteiger partial charge in [-0.05, 0) is 66.5 Å². The van der Waals surface area contributed by atoms with Gasteiger partial charge in [0, 0.05) is 60.8 Å². The first-order chi connectivity index (χ1) is 30.1. The molecule has 7 rings (SSSR count). The van der Waals surface area contributed by atoms with Gasteiger partial charge in [-0.1, -0.05) is 71.3 Å². The third-order valence-corrected chi connectivity index (χ3v) is 12.0. The van der Waals surface area contributed by atoms with Crippen molar-refractivity contribution in [2.45, 2.75) is 79.4 Å². The van der Waals surface area contributed by atoms with Gasteiger partial charge in [0.15, 0.2) is 0 Å². The molecule has 0 saturated carbocycles. The molecule has 18 heteroatoms. The van der Waals surface area contributed by atoms with Crippen LogP contribution in [0.5, 0.6) is 5.75 Å². The first-order valence-corrected chi connectivity index (χ1v) is 21.5. The number of pyridine rings is 1. The quantitative estimate of drug-likeness (QED) is 0.131. The van der Waals surface area contributed by atoms with Gasteiger partial charge >= 0.3 is 12.5 Å². The van der Waals surface area contributed by atoms with E-state index in [2.05, 4.69) is 30.2 Å². The van der Waals surface area contributed by atoms with Crippen LogP contribution in [0.25, 0.3) is 32.9 Å². The molecule has 4 heterocycles. The lowest BCUT2D eigenvalue weighted by Crippen LogP contribution is -2.56. The van der Waals surface area contributed by atoms with E-state index in [0.717, 1.165) is 6.07 Å². The van der Waals surface area contributed by atoms with Crippen LogP contribution in [0.15, 0.2) is 60.8 Å². The number of benzene rings is 3. The number of fused-ring (bicyclic) bond motifs is 3. The van der Waals surface area contributed by atoms with Gasteiger partial charge in [0.1, 0.15) is 23.4 Å². The minimum Gasteiger partial charge on any atom is -0.453 e. The summed E-state index contributed by atoms with van der Waals surface area (Å²) in [5.41, 5.74) is 1.25. The van der Waals surface area contributed by atoms with Crippen LogP contribution in [0.3, 0.4) is 0 Å². The number of amides is 4. The molecule has 340 valence electrons. The molecule has 14 nitrogen and oxygen atoms in total. The van der Waals surface area contributed by atoms with Crippen LogP contribution in [-0.2, 0) is 14.3 Å². The second kappa shape index (κ2) is 17.8. The van der Waals surface area contributed by atoms with Crippen LogP contribution < -0.4 is 20.3 Å². The number of rotatable bonds is 9. The van der Waals surface area contributed by atoms with Crippen molar-refractivity contribution in [2.75, 3.05) is 43.5 Å². The van der Waals surface area contributed by atoms with Gasteiger partial charge in [-0.15, -0.1) is 13.2 Å². The smallest absolute Gasteiger partial charge is 0.453 e. The molecule has 0 spiro atoms. The van der Waals surface area contributed by atoms with E-state index in [1.54, 1.807) is 35.2 Å². The number of alkyl carbamates (subject to hydrolysis) is 1. The zero-order valence-electron chi connectivity index (χ0n) is 36.9. The third kappa shape index (κ3) is 9.68. The van der Waals surface area contributed by atoms with E-state index < -0.39 is 41.6 Å². The molecule has 4 amide bonds. The standard InChI is InChI=1S/C46H52ClF3N8O6/c1-24(2)38(55-44(62)63-8)42(60)58-22-25(3)17-35(58)40-52-33-13-10-27-18-28(9-12-30(27)39(33)54-40)31-19-32(47)34(20-36(31)64-46(48,49)50)53-41(59)29-11-14-37(51-21-29)57-16-15-56(23-26(57)4)43(61)45(5,6)7/h9-14,18-21,24-26,35,38H,15-17,22-23H2,1-8H3,(H,52,54)(H,53,59)(H,55,62). The Labute approximate surface area is 373 Å². The van der Waals surface area contributed by atoms with Crippen LogP contribution in [0.4, 0.5) is 29.5 Å². The highest BCUT2D eigenvalue weighted by molar-refractivity contribution is 6.34. The summed E-state index contributed by atoms with van der Waals surface area (Å²) in [5, 5.41) is 6.61. The highest BCUT2D eigenvalue weighted by Gasteiger charge is 2.41. The molecule has 4 atom stereocenters. The molecule has 2 aromatic heterocycles. The highest BCUT2D eigenvalue weighted by Crippen LogP contribution is 2.42. The Morgan fingerprint density at radius 1 is 0.969 bits per heavy atom. The van der Waals surface area contributed by atoms with Crippen molar-refractivity contribution >= 4 is 68.7 Å². The Bertz CT molecular complexity index is 2600. The summed E-state index contributed by atoms with van der Waals surface area (Å²) in [6.45, 7) is 15.5. The van der Waals surface area contributed by atoms with Crippen LogP contribution in [0.2, 0.25) is 5.02 Å². The number of methoxy groups -OCH3 is 1. The van der Waals surface area contributed by atoms with E-state index in [0.29, 0.717) is 71.6 Å². The van der Waals surface area contributed by atoms with E-state index in [-0.39, 0.29) is 51.5 Å². The van der Waals surface area contributed by atoms with Crippen molar-refractivity contribution in [3.8, 4) is 16.9 Å². The monoisotopic (exact) mass is 904 g/mol. The van der Waals surface area contributed by atoms with Crippen molar-refractivity contribution in [2.24, 2.45) is 17.3 Å². The molecule has 64 heavy (non-hydrogen) atoms. The Hall–Kier alpha value is -6.10. The number of carbonyl (C=O) groups is 4. The molecule has 3 aromatic carbocycles. The summed E-state index contributed by atoms with van der Waals surface area (Å²) in [7, 11) is 1.24. The molecule has 2 aliphatic heterocycles. The maximum Gasteiger partial charge on any atom is 0.573 e. The number of piperazine rings is 1. The number of ether oxygens (including phenoxy) is 2. The molecule has 5 aromatic rings. The van der Waals surface area contributed by atoms with Gasteiger partial charge in [-0.2, -0.15) is 0 Å². The fourth-order valence-electron chi connectivity index (χ4n) is 8.50. The zero-order valence-corrected chi connectivity index (χ0v) is 37.6. The fourth-order valence-corrected chi connectivity index (χ4v) is 8.71. The van der Waals surface area contributed by atoms with Crippen molar-refractivity contribution in [3.05, 3.63) is 77.2 Å². The predicted octanol–water partition coefficient (Wildman–Crippen LogP) is 8.96. The third-order valence-electron chi connectivity index (χ3n) is 11.7. The Balaban J connectivity index is 1.12. The van der Waals surface area contributed by atoms with Crippen molar-refractivity contribution in [3.63, 3.8) is 0 Å². The van der Waals surface area contributed by atoms with Crippen molar-refractivity contribution in [1.82, 2.24) is 30.1 Å². The van der Waals surface area contributed by atoms with E-state index in [1.807, 2.05) is 65.5 Å². The van der Waals surface area contributed by atoms with E-state index >= 15 is 0 Å². The first-order valence-electron chi connectivity index (χ1n) is 21.1. The molecule has 0 aliphatic carbocycles. The van der Waals surface area contributed by atoms with E-state index in [4.69, 9.17) is 21.3 Å². The average Bonchev–Trinajstić information content (AvgIpc) is 3.86. The predicted molar refractivity (Wildman–Crippen MR) is 238 cm³/mol. The topological polar surface area (TPSA) is 162 Å². The number of nitrogens with zero attached hydrogens (tertiary/aromatic N) is 5. The van der Waals surface area contributed by atoms with Gasteiger partial charge in [0.25, 0.3) is 5.91 Å². The molecule has 3 N–H and O–H groups in total. The Morgan fingerprint density at radius 2 is 1.72 bits per heavy atom. The van der Waals surface area contributed by atoms with Crippen molar-refractivity contribution in [1.29, 1.82) is 0 Å². The van der Waals surface area contributed by atoms with Gasteiger partial charge in [-0.3, -0.25) is 14.4 Å². The number of H-pyrrole nitrogens is 1. The molecule has 4 unspecified atom stereocenters. The molecule has 2 fully saturated rings. The maximum atomic E-state index is 13.9. The number of halogens is 4. The van der Waals surface area contributed by atoms with Crippen LogP contribution in [0, 0.1) is 17.3 Å². The molecular weight excluding hydrogens is 853 g/mol. The second-order valence-electron chi connectivity index (χ2n) is 18.0. The second-order valence-corrected chi connectivity index (χ2v) is 18.4. The number of likely N-dealkylation sites (tertiary alicyclic amines) is 1. The molecule has 0 bridgehead atoms. The lowest BCUT2D eigenvalue weighted by Gasteiger charge is -2.42. The SMILES string of the molecule is COC(=O)NC(C(=O)N1CC(C)CC1c1nc2c(ccc3cc(-c4cc(Cl)c(NC(=O)c5ccc(N6CCN(C(=O)C(C)(C)C)CC6C)nc5)cc4OC(F)(F)F)ccc32)[nH]1)C(C)C. The number of alkyl halides is 3. The van der Waals surface area contributed by atoms with Gasteiger partial charge in [0.2, 0.25) is 11.8 Å². The molecule has 2 saturated heterocycles. The summed E-state index contributed by atoms with van der Waals surface area (Å²) in [5.74, 6) is -0.263. The normalized spacial score (nSPS) is 18.7. The minimum atomic E-state index is -5.07. The first kappa shape index (κ1) is 45.9. The minimum absolute atomic E-state index is 0.0298. The number of hydrogen-bond acceptors (Lipinski definition) is 9. The highest BCUT2D eigenvalue weighted by atomic mass is 35.5. The van der Waals surface area contributed by atoms with Gasteiger partial charge in [-0.25, -0.2) is 14.8 Å². The fraction of sp³-hybridized carbons (Fsp3) is 0.435. The largest absolute Gasteiger partial charge is 0.573 e. The molecule has 0 radical (unpaired) electrons. The number of anilines is 2. The summed E-state index contributed by atoms with van der Waals surface area (Å²) >= 11 is 6.66. The lowest BCUT2D eigenvalue weighted by molar-refractivity contribution is -0.274. The maximum absolute atomic E-state index is 13.9. The summed E-state index contributed by atoms with van der Waals surface area (Å²) < 4.78 is 51.0. The van der Waals surface area contributed by atoms with Gasteiger partial charge < -0.3 is 39.8 Å². The van der Waals surface area contributed by atoms with Crippen LogP contribution in [0.1, 0.15) is 77.1 Å². The summed E-state index contributed by atoms with van der Waals surface area (Å²) in [4.78, 5) is 70.6. The molecular formula is C46H52ClF3N8O6. The number of aromatic nitrogens is 3. The number of imidazole rings is 1. The summed E-state index contributed by atoms with van der Waals surface area (Å²) in [6.07, 6.45) is -3.75. The van der Waals surface area contributed by atoms with E-state index in [1.165, 1.54) is 19.4 Å². The zero-order chi connectivity index (χ0) is 46.4. The van der Waals surface area contributed by atoms with Crippen molar-refractivity contribution < 1.29 is 41.8 Å². The number of nitrogens with one attached hydrogen (secondary N) is 3. The summed E-state index contributed by atoms with van der Waals surface area (Å²) in [6, 6.07) is 13.1. The number of hydrogen-bond donors (Lipinski definition) is 3. The Kier molecular flexibility index (Phi) is 12.8. The lowest BCUT2D eigenvalue weighted by atomic mass is 9.94. The van der Waals surface area contributed by atoms with Crippen LogP contribution in [-0.4, -0.2) is 100 Å². The van der Waals surface area contributed by atoms with Gasteiger partial charge in [0.05, 0.1) is 40.5 Å². The van der Waals surface area contributed by atoms with E-state index in [9.17, 15) is 32.3 Å². The average molecular weight is 905 g/mol. The van der Waals surface area contributed by atoms with Crippen LogP contribution >= 0.6 is 11.6 Å². The number of aromatic amines is 1. The number of carbonyl (C=O) groups excluding carboxylic acids is 4. The molecule has 2 aliphatic rings. The Morgan fingerprint density at radius 3 is 2.36 bits per heavy atom.